The first kappa shape index (κ1) is 16.6. The fourth-order valence-corrected chi connectivity index (χ4v) is 2.46. The second kappa shape index (κ2) is 6.98. The predicted octanol–water partition coefficient (Wildman–Crippen LogP) is 3.21. The van der Waals surface area contributed by atoms with Crippen molar-refractivity contribution in [2.75, 3.05) is 31.1 Å². The number of nitrogens with zero attached hydrogens (tertiary/aromatic N) is 2. The summed E-state index contributed by atoms with van der Waals surface area (Å²) >= 11 is 0. The molecular formula is C15H18F4N2O. The molecule has 0 aromatic heterocycles. The van der Waals surface area contributed by atoms with E-state index in [0.29, 0.717) is 26.2 Å². The van der Waals surface area contributed by atoms with Crippen molar-refractivity contribution in [3.05, 3.63) is 30.1 Å². The maximum atomic E-state index is 12.9. The first-order chi connectivity index (χ1) is 10.3. The van der Waals surface area contributed by atoms with Gasteiger partial charge in [-0.25, -0.2) is 4.39 Å². The number of piperazine rings is 1. The molecular weight excluding hydrogens is 300 g/mol. The first-order valence-electron chi connectivity index (χ1n) is 7.20. The molecule has 22 heavy (non-hydrogen) atoms. The summed E-state index contributed by atoms with van der Waals surface area (Å²) in [5.41, 5.74) is 0.880. The van der Waals surface area contributed by atoms with Gasteiger partial charge in [-0.3, -0.25) is 4.79 Å². The number of rotatable bonds is 4. The molecule has 0 atom stereocenters. The van der Waals surface area contributed by atoms with Gasteiger partial charge in [-0.15, -0.1) is 0 Å². The Bertz CT molecular complexity index is 493. The monoisotopic (exact) mass is 318 g/mol. The van der Waals surface area contributed by atoms with Crippen molar-refractivity contribution in [2.45, 2.75) is 25.4 Å². The molecule has 0 spiro atoms. The van der Waals surface area contributed by atoms with Crippen molar-refractivity contribution in [3.8, 4) is 0 Å². The fraction of sp³-hybridized carbons (Fsp3) is 0.533. The standard InChI is InChI=1S/C15H18F4N2O/c16-12-3-5-13(6-4-12)20-8-10-21(11-9-20)14(22)2-1-7-15(17,18)19/h3-6H,1-2,7-11H2. The highest BCUT2D eigenvalue weighted by atomic mass is 19.4. The Morgan fingerprint density at radius 1 is 1.05 bits per heavy atom. The van der Waals surface area contributed by atoms with Crippen molar-refractivity contribution >= 4 is 11.6 Å². The fourth-order valence-electron chi connectivity index (χ4n) is 2.46. The topological polar surface area (TPSA) is 23.6 Å². The summed E-state index contributed by atoms with van der Waals surface area (Å²) in [7, 11) is 0. The van der Waals surface area contributed by atoms with Crippen LogP contribution in [0, 0.1) is 5.82 Å². The zero-order chi connectivity index (χ0) is 16.2. The van der Waals surface area contributed by atoms with Gasteiger partial charge in [-0.2, -0.15) is 13.2 Å². The van der Waals surface area contributed by atoms with Gasteiger partial charge >= 0.3 is 6.18 Å². The Kier molecular flexibility index (Phi) is 5.26. The number of hydrogen-bond donors (Lipinski definition) is 0. The average Bonchev–Trinajstić information content (AvgIpc) is 2.47. The third kappa shape index (κ3) is 4.89. The van der Waals surface area contributed by atoms with Crippen LogP contribution in [0.1, 0.15) is 19.3 Å². The van der Waals surface area contributed by atoms with Crippen LogP contribution in [0.15, 0.2) is 24.3 Å². The zero-order valence-corrected chi connectivity index (χ0v) is 12.1. The minimum atomic E-state index is -4.21. The van der Waals surface area contributed by atoms with Gasteiger partial charge in [0.15, 0.2) is 0 Å². The van der Waals surface area contributed by atoms with Crippen LogP contribution >= 0.6 is 0 Å². The second-order valence-corrected chi connectivity index (χ2v) is 5.31. The first-order valence-corrected chi connectivity index (χ1v) is 7.20. The average molecular weight is 318 g/mol. The van der Waals surface area contributed by atoms with Crippen molar-refractivity contribution in [3.63, 3.8) is 0 Å². The zero-order valence-electron chi connectivity index (χ0n) is 12.1. The number of carbonyl (C=O) groups is 1. The summed E-state index contributed by atoms with van der Waals surface area (Å²) in [5.74, 6) is -0.537. The molecule has 2 rings (SSSR count). The Labute approximate surface area is 126 Å². The van der Waals surface area contributed by atoms with E-state index in [9.17, 15) is 22.4 Å². The summed E-state index contributed by atoms with van der Waals surface area (Å²) in [6.45, 7) is 2.14. The molecule has 0 unspecified atom stereocenters. The maximum Gasteiger partial charge on any atom is 0.389 e. The normalized spacial score (nSPS) is 16.0. The van der Waals surface area contributed by atoms with Gasteiger partial charge in [0.2, 0.25) is 5.91 Å². The number of hydrogen-bond acceptors (Lipinski definition) is 2. The summed E-state index contributed by atoms with van der Waals surface area (Å²) in [5, 5.41) is 0. The Balaban J connectivity index is 1.77. The molecule has 1 amide bonds. The van der Waals surface area contributed by atoms with Crippen molar-refractivity contribution in [1.29, 1.82) is 0 Å². The van der Waals surface area contributed by atoms with Gasteiger partial charge < -0.3 is 9.80 Å². The molecule has 1 heterocycles. The second-order valence-electron chi connectivity index (χ2n) is 5.31. The van der Waals surface area contributed by atoms with E-state index in [-0.39, 0.29) is 24.6 Å². The molecule has 1 aromatic carbocycles. The van der Waals surface area contributed by atoms with E-state index in [2.05, 4.69) is 0 Å². The minimum absolute atomic E-state index is 0.0734. The SMILES string of the molecule is O=C(CCCC(F)(F)F)N1CCN(c2ccc(F)cc2)CC1. The number of anilines is 1. The van der Waals surface area contributed by atoms with Crippen LogP contribution in [0.3, 0.4) is 0 Å². The summed E-state index contributed by atoms with van der Waals surface area (Å²) < 4.78 is 49.0. The van der Waals surface area contributed by atoms with Gasteiger partial charge in [-0.1, -0.05) is 0 Å². The summed E-state index contributed by atoms with van der Waals surface area (Å²) in [4.78, 5) is 15.5. The van der Waals surface area contributed by atoms with Crippen molar-refractivity contribution < 1.29 is 22.4 Å². The van der Waals surface area contributed by atoms with Gasteiger partial charge in [0.05, 0.1) is 0 Å². The van der Waals surface area contributed by atoms with Gasteiger partial charge in [0.1, 0.15) is 5.82 Å². The lowest BCUT2D eigenvalue weighted by atomic mass is 10.2. The van der Waals surface area contributed by atoms with Crippen LogP contribution in [0.25, 0.3) is 0 Å². The lowest BCUT2D eigenvalue weighted by Gasteiger charge is -2.36. The molecule has 0 aliphatic carbocycles. The van der Waals surface area contributed by atoms with Crippen LogP contribution in [0.4, 0.5) is 23.2 Å². The van der Waals surface area contributed by atoms with E-state index in [1.807, 2.05) is 4.90 Å². The molecule has 1 fully saturated rings. The molecule has 0 saturated carbocycles. The van der Waals surface area contributed by atoms with Crippen LogP contribution < -0.4 is 4.90 Å². The van der Waals surface area contributed by atoms with E-state index in [4.69, 9.17) is 0 Å². The Hall–Kier alpha value is -1.79. The van der Waals surface area contributed by atoms with Crippen molar-refractivity contribution in [2.24, 2.45) is 0 Å². The Morgan fingerprint density at radius 3 is 2.18 bits per heavy atom. The van der Waals surface area contributed by atoms with Crippen LogP contribution in [0.5, 0.6) is 0 Å². The molecule has 0 bridgehead atoms. The number of alkyl halides is 3. The Morgan fingerprint density at radius 2 is 1.64 bits per heavy atom. The highest BCUT2D eigenvalue weighted by Crippen LogP contribution is 2.23. The molecule has 3 nitrogen and oxygen atoms in total. The lowest BCUT2D eigenvalue weighted by molar-refractivity contribution is -0.140. The number of benzene rings is 1. The smallest absolute Gasteiger partial charge is 0.368 e. The van der Waals surface area contributed by atoms with Gasteiger partial charge in [0.25, 0.3) is 0 Å². The molecule has 1 aliphatic heterocycles. The molecule has 0 N–H and O–H groups in total. The van der Waals surface area contributed by atoms with Crippen LogP contribution in [0.2, 0.25) is 0 Å². The summed E-state index contributed by atoms with van der Waals surface area (Å²) in [6.07, 6.45) is -5.37. The summed E-state index contributed by atoms with van der Waals surface area (Å²) in [6, 6.07) is 6.11. The van der Waals surface area contributed by atoms with Crippen LogP contribution in [-0.4, -0.2) is 43.2 Å². The molecule has 1 aromatic rings. The molecule has 122 valence electrons. The number of amides is 1. The molecule has 1 saturated heterocycles. The van der Waals surface area contributed by atoms with E-state index >= 15 is 0 Å². The number of halogens is 4. The highest BCUT2D eigenvalue weighted by molar-refractivity contribution is 5.76. The van der Waals surface area contributed by atoms with E-state index in [1.165, 1.54) is 12.1 Å². The molecule has 0 radical (unpaired) electrons. The van der Waals surface area contributed by atoms with E-state index in [1.54, 1.807) is 17.0 Å². The van der Waals surface area contributed by atoms with E-state index < -0.39 is 12.6 Å². The molecule has 1 aliphatic rings. The quantitative estimate of drug-likeness (QED) is 0.796. The molecule has 7 heteroatoms. The van der Waals surface area contributed by atoms with Gasteiger partial charge in [0, 0.05) is 44.7 Å². The maximum absolute atomic E-state index is 12.9. The lowest BCUT2D eigenvalue weighted by Crippen LogP contribution is -2.48. The van der Waals surface area contributed by atoms with Crippen molar-refractivity contribution in [1.82, 2.24) is 4.90 Å². The third-order valence-corrected chi connectivity index (χ3v) is 3.68. The largest absolute Gasteiger partial charge is 0.389 e. The highest BCUT2D eigenvalue weighted by Gasteiger charge is 2.27. The number of carbonyl (C=O) groups excluding carboxylic acids is 1. The third-order valence-electron chi connectivity index (χ3n) is 3.68. The minimum Gasteiger partial charge on any atom is -0.368 e. The van der Waals surface area contributed by atoms with Gasteiger partial charge in [-0.05, 0) is 30.7 Å². The predicted molar refractivity (Wildman–Crippen MR) is 75.1 cm³/mol. The van der Waals surface area contributed by atoms with E-state index in [0.717, 1.165) is 5.69 Å². The van der Waals surface area contributed by atoms with Crippen LogP contribution in [-0.2, 0) is 4.79 Å².